The Bertz CT molecular complexity index is 525. The quantitative estimate of drug-likeness (QED) is 0.873. The zero-order valence-corrected chi connectivity index (χ0v) is 13.9. The van der Waals surface area contributed by atoms with Crippen molar-refractivity contribution in [3.63, 3.8) is 0 Å². The summed E-state index contributed by atoms with van der Waals surface area (Å²) in [5.74, 6) is 0.739. The Morgan fingerprint density at radius 3 is 2.59 bits per heavy atom. The fraction of sp³-hybridized carbons (Fsp3) is 0.588. The van der Waals surface area contributed by atoms with Crippen LogP contribution in [0.15, 0.2) is 18.2 Å². The van der Waals surface area contributed by atoms with Crippen molar-refractivity contribution in [2.24, 2.45) is 0 Å². The molecule has 1 aromatic carbocycles. The van der Waals surface area contributed by atoms with Crippen LogP contribution in [0.3, 0.4) is 0 Å². The van der Waals surface area contributed by atoms with E-state index in [1.165, 1.54) is 0 Å². The second kappa shape index (κ2) is 7.11. The van der Waals surface area contributed by atoms with Crippen LogP contribution < -0.4 is 15.4 Å². The number of methoxy groups -OCH3 is 2. The largest absolute Gasteiger partial charge is 0.496 e. The third-order valence-corrected chi connectivity index (χ3v) is 4.42. The zero-order valence-electron chi connectivity index (χ0n) is 13.9. The maximum Gasteiger partial charge on any atom is 0.252 e. The summed E-state index contributed by atoms with van der Waals surface area (Å²) in [4.78, 5) is 12.7. The highest BCUT2D eigenvalue weighted by atomic mass is 16.5. The predicted octanol–water partition coefficient (Wildman–Crippen LogP) is 1.95. The van der Waals surface area contributed by atoms with E-state index in [4.69, 9.17) is 9.47 Å². The Morgan fingerprint density at radius 1 is 1.32 bits per heavy atom. The van der Waals surface area contributed by atoms with Crippen LogP contribution >= 0.6 is 0 Å². The normalized spacial score (nSPS) is 18.5. The average Bonchev–Trinajstić information content (AvgIpc) is 2.55. The number of carbonyl (C=O) groups is 1. The van der Waals surface area contributed by atoms with Gasteiger partial charge in [0.25, 0.3) is 5.91 Å². The van der Waals surface area contributed by atoms with E-state index in [1.54, 1.807) is 14.2 Å². The summed E-state index contributed by atoms with van der Waals surface area (Å²) in [6.07, 6.45) is 1.38. The first-order chi connectivity index (χ1) is 10.5. The molecule has 0 radical (unpaired) electrons. The highest BCUT2D eigenvalue weighted by molar-refractivity contribution is 5.85. The molecule has 1 atom stereocenters. The van der Waals surface area contributed by atoms with Gasteiger partial charge in [0.1, 0.15) is 11.4 Å². The minimum absolute atomic E-state index is 0.0486. The average molecular weight is 306 g/mol. The lowest BCUT2D eigenvalue weighted by Crippen LogP contribution is -2.54. The third kappa shape index (κ3) is 3.42. The maximum absolute atomic E-state index is 12.7. The van der Waals surface area contributed by atoms with Crippen molar-refractivity contribution in [3.8, 4) is 5.75 Å². The number of hydrogen-bond donors (Lipinski definition) is 2. The van der Waals surface area contributed by atoms with Gasteiger partial charge < -0.3 is 20.1 Å². The van der Waals surface area contributed by atoms with Gasteiger partial charge in [-0.25, -0.2) is 0 Å². The number of aryl methyl sites for hydroxylation is 1. The number of rotatable bonds is 5. The van der Waals surface area contributed by atoms with Gasteiger partial charge in [-0.05, 0) is 45.8 Å². The lowest BCUT2D eigenvalue weighted by molar-refractivity contribution is -0.147. The van der Waals surface area contributed by atoms with Gasteiger partial charge in [-0.15, -0.1) is 0 Å². The van der Waals surface area contributed by atoms with E-state index in [0.717, 1.165) is 30.0 Å². The lowest BCUT2D eigenvalue weighted by Gasteiger charge is -2.35. The molecule has 0 saturated carbocycles. The number of piperidine rings is 1. The summed E-state index contributed by atoms with van der Waals surface area (Å²) in [6.45, 7) is 5.59. The molecule has 1 saturated heterocycles. The minimum atomic E-state index is -0.726. The van der Waals surface area contributed by atoms with E-state index in [9.17, 15) is 4.79 Å². The zero-order chi connectivity index (χ0) is 16.2. The minimum Gasteiger partial charge on any atom is -0.496 e. The summed E-state index contributed by atoms with van der Waals surface area (Å²) in [5.41, 5.74) is 1.40. The first-order valence-electron chi connectivity index (χ1n) is 7.74. The van der Waals surface area contributed by atoms with Crippen LogP contribution in [0, 0.1) is 6.92 Å². The van der Waals surface area contributed by atoms with Crippen LogP contribution in [0.4, 0.5) is 0 Å². The van der Waals surface area contributed by atoms with Crippen molar-refractivity contribution < 1.29 is 14.3 Å². The Labute approximate surface area is 132 Å². The van der Waals surface area contributed by atoms with E-state index in [2.05, 4.69) is 10.6 Å². The number of nitrogens with one attached hydrogen (secondary N) is 2. The van der Waals surface area contributed by atoms with E-state index >= 15 is 0 Å². The van der Waals surface area contributed by atoms with E-state index in [0.29, 0.717) is 12.8 Å². The maximum atomic E-state index is 12.7. The Morgan fingerprint density at radius 2 is 2.00 bits per heavy atom. The molecule has 5 nitrogen and oxygen atoms in total. The molecule has 1 amide bonds. The van der Waals surface area contributed by atoms with Gasteiger partial charge in [0.2, 0.25) is 0 Å². The Balaban J connectivity index is 2.15. The molecule has 0 bridgehead atoms. The number of hydrogen-bond acceptors (Lipinski definition) is 4. The van der Waals surface area contributed by atoms with Gasteiger partial charge in [-0.3, -0.25) is 4.79 Å². The van der Waals surface area contributed by atoms with Gasteiger partial charge in [0.15, 0.2) is 0 Å². The lowest BCUT2D eigenvalue weighted by atomic mass is 9.90. The van der Waals surface area contributed by atoms with E-state index < -0.39 is 5.60 Å². The summed E-state index contributed by atoms with van der Waals surface area (Å²) in [6, 6.07) is 5.85. The number of amides is 1. The van der Waals surface area contributed by atoms with E-state index in [1.807, 2.05) is 32.0 Å². The Hall–Kier alpha value is -1.59. The summed E-state index contributed by atoms with van der Waals surface area (Å²) in [5, 5.41) is 6.35. The molecule has 2 rings (SSSR count). The fourth-order valence-electron chi connectivity index (χ4n) is 2.95. The van der Waals surface area contributed by atoms with Crippen molar-refractivity contribution in [2.45, 2.75) is 38.3 Å². The highest BCUT2D eigenvalue weighted by Gasteiger charge is 2.40. The van der Waals surface area contributed by atoms with Gasteiger partial charge in [0, 0.05) is 12.7 Å². The van der Waals surface area contributed by atoms with Crippen LogP contribution in [-0.2, 0) is 9.53 Å². The second-order valence-electron chi connectivity index (χ2n) is 5.89. The number of ether oxygens (including phenoxy) is 2. The SMILES string of the molecule is COc1ccc(C)cc1C(C)NC(=O)C1(OC)CCNCC1. The van der Waals surface area contributed by atoms with Crippen LogP contribution in [0.5, 0.6) is 5.75 Å². The smallest absolute Gasteiger partial charge is 0.252 e. The van der Waals surface area contributed by atoms with Crippen molar-refractivity contribution in [3.05, 3.63) is 29.3 Å². The fourth-order valence-corrected chi connectivity index (χ4v) is 2.95. The van der Waals surface area contributed by atoms with Gasteiger partial charge in [0.05, 0.1) is 13.2 Å². The molecule has 1 aromatic rings. The highest BCUT2D eigenvalue weighted by Crippen LogP contribution is 2.28. The second-order valence-corrected chi connectivity index (χ2v) is 5.89. The molecule has 0 spiro atoms. The van der Waals surface area contributed by atoms with Crippen LogP contribution in [0.1, 0.15) is 36.9 Å². The van der Waals surface area contributed by atoms with Crippen LogP contribution in [0.2, 0.25) is 0 Å². The number of benzene rings is 1. The first kappa shape index (κ1) is 16.8. The third-order valence-electron chi connectivity index (χ3n) is 4.42. The topological polar surface area (TPSA) is 59.6 Å². The van der Waals surface area contributed by atoms with Crippen LogP contribution in [-0.4, -0.2) is 38.8 Å². The molecule has 1 heterocycles. The van der Waals surface area contributed by atoms with Gasteiger partial charge in [-0.2, -0.15) is 0 Å². The summed E-state index contributed by atoms with van der Waals surface area (Å²) < 4.78 is 11.0. The van der Waals surface area contributed by atoms with Gasteiger partial charge in [-0.1, -0.05) is 17.7 Å². The molecule has 2 N–H and O–H groups in total. The molecular formula is C17H26N2O3. The first-order valence-corrected chi connectivity index (χ1v) is 7.74. The van der Waals surface area contributed by atoms with Crippen molar-refractivity contribution >= 4 is 5.91 Å². The molecule has 0 aromatic heterocycles. The van der Waals surface area contributed by atoms with Crippen LogP contribution in [0.25, 0.3) is 0 Å². The Kier molecular flexibility index (Phi) is 5.42. The summed E-state index contributed by atoms with van der Waals surface area (Å²) in [7, 11) is 3.26. The molecule has 5 heteroatoms. The van der Waals surface area contributed by atoms with Crippen molar-refractivity contribution in [1.82, 2.24) is 10.6 Å². The molecule has 1 aliphatic heterocycles. The van der Waals surface area contributed by atoms with Crippen molar-refractivity contribution in [1.29, 1.82) is 0 Å². The predicted molar refractivity (Wildman–Crippen MR) is 86.1 cm³/mol. The monoisotopic (exact) mass is 306 g/mol. The molecule has 22 heavy (non-hydrogen) atoms. The van der Waals surface area contributed by atoms with Gasteiger partial charge >= 0.3 is 0 Å². The summed E-state index contributed by atoms with van der Waals surface area (Å²) >= 11 is 0. The van der Waals surface area contributed by atoms with E-state index in [-0.39, 0.29) is 11.9 Å². The molecule has 1 fully saturated rings. The van der Waals surface area contributed by atoms with Crippen molar-refractivity contribution in [2.75, 3.05) is 27.3 Å². The molecule has 1 unspecified atom stereocenters. The molecular weight excluding hydrogens is 280 g/mol. The number of carbonyl (C=O) groups excluding carboxylic acids is 1. The standard InChI is InChI=1S/C17H26N2O3/c1-12-5-6-15(21-3)14(11-12)13(2)19-16(20)17(22-4)7-9-18-10-8-17/h5-6,11,13,18H,7-10H2,1-4H3,(H,19,20). The molecule has 122 valence electrons. The molecule has 0 aliphatic carbocycles. The molecule has 1 aliphatic rings.